The van der Waals surface area contributed by atoms with E-state index >= 15 is 0 Å². The largest absolute Gasteiger partial charge is 0.397 e. The molecule has 0 spiro atoms. The number of nitrogens with zero attached hydrogens (tertiary/aromatic N) is 2. The van der Waals surface area contributed by atoms with Gasteiger partial charge in [0.1, 0.15) is 0 Å². The van der Waals surface area contributed by atoms with Gasteiger partial charge in [-0.05, 0) is 30.7 Å². The minimum Gasteiger partial charge on any atom is -0.397 e. The van der Waals surface area contributed by atoms with Crippen LogP contribution >= 0.6 is 0 Å². The number of hydrogen-bond donors (Lipinski definition) is 1. The van der Waals surface area contributed by atoms with Gasteiger partial charge >= 0.3 is 0 Å². The minimum atomic E-state index is 0.625. The average Bonchev–Trinajstić information content (AvgIpc) is 2.39. The number of aryl methyl sites for hydroxylation is 1. The SMILES string of the molecule is Cc1cccc(CN(C)c2cc(C#N)ccc2N)c1. The predicted molar refractivity (Wildman–Crippen MR) is 78.9 cm³/mol. The fraction of sp³-hybridized carbons (Fsp3) is 0.188. The molecule has 0 amide bonds. The van der Waals surface area contributed by atoms with Gasteiger partial charge in [0.15, 0.2) is 0 Å². The number of hydrogen-bond acceptors (Lipinski definition) is 3. The second-order valence-electron chi connectivity index (χ2n) is 4.73. The van der Waals surface area contributed by atoms with Gasteiger partial charge in [-0.1, -0.05) is 29.8 Å². The number of rotatable bonds is 3. The van der Waals surface area contributed by atoms with Gasteiger partial charge in [-0.15, -0.1) is 0 Å². The van der Waals surface area contributed by atoms with Crippen molar-refractivity contribution in [1.29, 1.82) is 5.26 Å². The Morgan fingerprint density at radius 1 is 1.21 bits per heavy atom. The summed E-state index contributed by atoms with van der Waals surface area (Å²) in [6.45, 7) is 2.84. The van der Waals surface area contributed by atoms with E-state index in [4.69, 9.17) is 11.0 Å². The number of benzene rings is 2. The Labute approximate surface area is 113 Å². The Morgan fingerprint density at radius 2 is 2.00 bits per heavy atom. The molecule has 2 rings (SSSR count). The van der Waals surface area contributed by atoms with Crippen LogP contribution in [0.4, 0.5) is 11.4 Å². The highest BCUT2D eigenvalue weighted by Crippen LogP contribution is 2.24. The van der Waals surface area contributed by atoms with Crippen molar-refractivity contribution < 1.29 is 0 Å². The van der Waals surface area contributed by atoms with Gasteiger partial charge in [0.25, 0.3) is 0 Å². The number of anilines is 2. The number of nitriles is 1. The lowest BCUT2D eigenvalue weighted by Crippen LogP contribution is -2.18. The zero-order valence-corrected chi connectivity index (χ0v) is 11.2. The third kappa shape index (κ3) is 3.05. The van der Waals surface area contributed by atoms with E-state index in [0.717, 1.165) is 12.2 Å². The van der Waals surface area contributed by atoms with E-state index in [-0.39, 0.29) is 0 Å². The third-order valence-corrected chi connectivity index (χ3v) is 3.07. The molecule has 0 fully saturated rings. The molecule has 0 bridgehead atoms. The maximum Gasteiger partial charge on any atom is 0.0992 e. The predicted octanol–water partition coefficient (Wildman–Crippen LogP) is 3.09. The first-order chi connectivity index (χ1) is 9.10. The molecule has 19 heavy (non-hydrogen) atoms. The summed E-state index contributed by atoms with van der Waals surface area (Å²) in [4.78, 5) is 2.06. The van der Waals surface area contributed by atoms with E-state index in [1.165, 1.54) is 11.1 Å². The topological polar surface area (TPSA) is 53.0 Å². The monoisotopic (exact) mass is 251 g/mol. The molecule has 0 heterocycles. The van der Waals surface area contributed by atoms with Crippen molar-refractivity contribution in [2.75, 3.05) is 17.7 Å². The molecule has 96 valence electrons. The molecule has 2 aromatic rings. The lowest BCUT2D eigenvalue weighted by atomic mass is 10.1. The molecule has 0 radical (unpaired) electrons. The van der Waals surface area contributed by atoms with Gasteiger partial charge in [0, 0.05) is 13.6 Å². The molecular weight excluding hydrogens is 234 g/mol. The van der Waals surface area contributed by atoms with Crippen molar-refractivity contribution in [3.63, 3.8) is 0 Å². The second kappa shape index (κ2) is 5.45. The van der Waals surface area contributed by atoms with Crippen molar-refractivity contribution in [3.8, 4) is 6.07 Å². The number of nitrogens with two attached hydrogens (primary N) is 1. The van der Waals surface area contributed by atoms with Crippen LogP contribution in [0.25, 0.3) is 0 Å². The molecule has 0 aliphatic rings. The van der Waals surface area contributed by atoms with E-state index < -0.39 is 0 Å². The first kappa shape index (κ1) is 13.0. The maximum absolute atomic E-state index is 8.95. The highest BCUT2D eigenvalue weighted by atomic mass is 15.1. The van der Waals surface area contributed by atoms with Crippen LogP contribution < -0.4 is 10.6 Å². The fourth-order valence-corrected chi connectivity index (χ4v) is 2.11. The number of nitrogen functional groups attached to an aromatic ring is 1. The summed E-state index contributed by atoms with van der Waals surface area (Å²) in [6, 6.07) is 15.9. The van der Waals surface area contributed by atoms with Crippen LogP contribution in [0.15, 0.2) is 42.5 Å². The Balaban J connectivity index is 2.25. The highest BCUT2D eigenvalue weighted by Gasteiger charge is 2.07. The highest BCUT2D eigenvalue weighted by molar-refractivity contribution is 5.69. The van der Waals surface area contributed by atoms with Gasteiger partial charge in [-0.3, -0.25) is 0 Å². The van der Waals surface area contributed by atoms with Crippen molar-refractivity contribution in [3.05, 3.63) is 59.2 Å². The first-order valence-corrected chi connectivity index (χ1v) is 6.16. The quantitative estimate of drug-likeness (QED) is 0.853. The van der Waals surface area contributed by atoms with E-state index in [1.54, 1.807) is 12.1 Å². The van der Waals surface area contributed by atoms with Gasteiger partial charge in [0.2, 0.25) is 0 Å². The summed E-state index contributed by atoms with van der Waals surface area (Å²) < 4.78 is 0. The van der Waals surface area contributed by atoms with Crippen molar-refractivity contribution in [2.45, 2.75) is 13.5 Å². The van der Waals surface area contributed by atoms with Gasteiger partial charge < -0.3 is 10.6 Å². The van der Waals surface area contributed by atoms with Crippen LogP contribution in [-0.4, -0.2) is 7.05 Å². The van der Waals surface area contributed by atoms with Crippen molar-refractivity contribution in [1.82, 2.24) is 0 Å². The van der Waals surface area contributed by atoms with E-state index in [1.807, 2.05) is 19.2 Å². The van der Waals surface area contributed by atoms with Crippen molar-refractivity contribution >= 4 is 11.4 Å². The van der Waals surface area contributed by atoms with E-state index in [0.29, 0.717) is 11.3 Å². The molecule has 0 aliphatic carbocycles. The fourth-order valence-electron chi connectivity index (χ4n) is 2.11. The Bertz CT molecular complexity index is 626. The molecule has 0 saturated heterocycles. The molecule has 0 atom stereocenters. The van der Waals surface area contributed by atoms with Gasteiger partial charge in [-0.2, -0.15) is 5.26 Å². The molecule has 3 nitrogen and oxygen atoms in total. The molecule has 0 saturated carbocycles. The van der Waals surface area contributed by atoms with Crippen LogP contribution in [0.5, 0.6) is 0 Å². The zero-order valence-electron chi connectivity index (χ0n) is 11.2. The summed E-state index contributed by atoms with van der Waals surface area (Å²) in [7, 11) is 1.98. The Kier molecular flexibility index (Phi) is 3.72. The van der Waals surface area contributed by atoms with Crippen LogP contribution in [0.1, 0.15) is 16.7 Å². The van der Waals surface area contributed by atoms with Crippen LogP contribution in [0, 0.1) is 18.3 Å². The van der Waals surface area contributed by atoms with Crippen molar-refractivity contribution in [2.24, 2.45) is 0 Å². The van der Waals surface area contributed by atoms with Crippen LogP contribution in [0.3, 0.4) is 0 Å². The zero-order chi connectivity index (χ0) is 13.8. The molecule has 2 aromatic carbocycles. The molecule has 0 aromatic heterocycles. The Morgan fingerprint density at radius 3 is 2.68 bits per heavy atom. The molecule has 2 N–H and O–H groups in total. The summed E-state index contributed by atoms with van der Waals surface area (Å²) >= 11 is 0. The maximum atomic E-state index is 8.95. The molecular formula is C16H17N3. The minimum absolute atomic E-state index is 0.625. The first-order valence-electron chi connectivity index (χ1n) is 6.16. The van der Waals surface area contributed by atoms with Crippen LogP contribution in [-0.2, 0) is 6.54 Å². The lowest BCUT2D eigenvalue weighted by molar-refractivity contribution is 0.923. The third-order valence-electron chi connectivity index (χ3n) is 3.07. The summed E-state index contributed by atoms with van der Waals surface area (Å²) in [5.74, 6) is 0. The average molecular weight is 251 g/mol. The van der Waals surface area contributed by atoms with Gasteiger partial charge in [-0.25, -0.2) is 0 Å². The smallest absolute Gasteiger partial charge is 0.0992 e. The van der Waals surface area contributed by atoms with Crippen LogP contribution in [0.2, 0.25) is 0 Å². The molecule has 3 heteroatoms. The van der Waals surface area contributed by atoms with E-state index in [2.05, 4.69) is 36.1 Å². The van der Waals surface area contributed by atoms with E-state index in [9.17, 15) is 0 Å². The Hall–Kier alpha value is -2.47. The normalized spacial score (nSPS) is 9.95. The molecule has 0 unspecified atom stereocenters. The second-order valence-corrected chi connectivity index (χ2v) is 4.73. The lowest BCUT2D eigenvalue weighted by Gasteiger charge is -2.21. The molecule has 0 aliphatic heterocycles. The summed E-state index contributed by atoms with van der Waals surface area (Å²) in [5, 5.41) is 8.95. The summed E-state index contributed by atoms with van der Waals surface area (Å²) in [5.41, 5.74) is 10.6. The van der Waals surface area contributed by atoms with Gasteiger partial charge in [0.05, 0.1) is 23.0 Å². The summed E-state index contributed by atoms with van der Waals surface area (Å²) in [6.07, 6.45) is 0. The standard InChI is InChI=1S/C16H17N3/c1-12-4-3-5-14(8-12)11-19(2)16-9-13(10-17)6-7-15(16)18/h3-9H,11,18H2,1-2H3.